The molecule has 100 valence electrons. The molecule has 1 unspecified atom stereocenters. The van der Waals surface area contributed by atoms with Crippen molar-refractivity contribution in [3.63, 3.8) is 0 Å². The predicted octanol–water partition coefficient (Wildman–Crippen LogP) is 3.82. The number of para-hydroxylation sites is 1. The summed E-state index contributed by atoms with van der Waals surface area (Å²) in [5.74, 6) is 0.789. The van der Waals surface area contributed by atoms with Crippen molar-refractivity contribution in [2.45, 2.75) is 25.7 Å². The predicted molar refractivity (Wildman–Crippen MR) is 80.7 cm³/mol. The van der Waals surface area contributed by atoms with Gasteiger partial charge in [0.05, 0.1) is 10.5 Å². The summed E-state index contributed by atoms with van der Waals surface area (Å²) in [5, 5.41) is 5.49. The molecule has 1 aromatic heterocycles. The third-order valence-corrected chi connectivity index (χ3v) is 4.36. The molecule has 1 aliphatic heterocycles. The fourth-order valence-electron chi connectivity index (χ4n) is 2.95. The number of nitrogens with one attached hydrogen (secondary N) is 1. The van der Waals surface area contributed by atoms with Gasteiger partial charge in [0, 0.05) is 11.6 Å². The highest BCUT2D eigenvalue weighted by Crippen LogP contribution is 2.27. The smallest absolute Gasteiger partial charge is 0.0705 e. The minimum Gasteiger partial charge on any atom is -0.316 e. The zero-order valence-corrected chi connectivity index (χ0v) is 11.8. The number of rotatable bonds is 3. The molecule has 0 saturated carbocycles. The largest absolute Gasteiger partial charge is 0.316 e. The summed E-state index contributed by atoms with van der Waals surface area (Å²) in [6.45, 7) is 2.33. The number of aromatic nitrogens is 1. The average molecular weight is 275 g/mol. The second kappa shape index (κ2) is 5.89. The summed E-state index contributed by atoms with van der Waals surface area (Å²) in [7, 11) is 0. The lowest BCUT2D eigenvalue weighted by Crippen LogP contribution is -2.29. The lowest BCUT2D eigenvalue weighted by Gasteiger charge is -2.23. The van der Waals surface area contributed by atoms with Crippen LogP contribution in [0.1, 0.15) is 24.8 Å². The zero-order valence-electron chi connectivity index (χ0n) is 11.0. The maximum Gasteiger partial charge on any atom is 0.0705 e. The first-order valence-electron chi connectivity index (χ1n) is 7.07. The molecule has 1 fully saturated rings. The normalized spacial score (nSPS) is 19.7. The van der Waals surface area contributed by atoms with Crippen molar-refractivity contribution < 1.29 is 0 Å². The minimum atomic E-state index is 0.789. The second-order valence-electron chi connectivity index (χ2n) is 5.35. The van der Waals surface area contributed by atoms with Gasteiger partial charge in [-0.3, -0.25) is 4.98 Å². The molecule has 0 spiro atoms. The van der Waals surface area contributed by atoms with Crippen molar-refractivity contribution in [1.29, 1.82) is 0 Å². The van der Waals surface area contributed by atoms with Crippen LogP contribution >= 0.6 is 11.6 Å². The van der Waals surface area contributed by atoms with Crippen LogP contribution in [0.15, 0.2) is 30.5 Å². The van der Waals surface area contributed by atoms with Crippen molar-refractivity contribution in [3.05, 3.63) is 41.0 Å². The van der Waals surface area contributed by atoms with Gasteiger partial charge < -0.3 is 5.32 Å². The number of nitrogens with zero attached hydrogens (tertiary/aromatic N) is 1. The van der Waals surface area contributed by atoms with Crippen LogP contribution in [0.2, 0.25) is 5.02 Å². The van der Waals surface area contributed by atoms with Gasteiger partial charge in [0.15, 0.2) is 0 Å². The standard InChI is InChI=1S/C16H19ClN2/c17-15-11-19-16-6-2-1-5-14(16)13(15)8-7-12-4-3-9-18-10-12/h1-2,5-6,11-12,18H,3-4,7-10H2. The molecule has 1 N–H and O–H groups in total. The van der Waals surface area contributed by atoms with Crippen molar-refractivity contribution in [3.8, 4) is 0 Å². The van der Waals surface area contributed by atoms with E-state index in [1.807, 2.05) is 6.07 Å². The van der Waals surface area contributed by atoms with Crippen LogP contribution in [0.3, 0.4) is 0 Å². The van der Waals surface area contributed by atoms with E-state index in [9.17, 15) is 0 Å². The molecule has 2 nitrogen and oxygen atoms in total. The third kappa shape index (κ3) is 2.90. The van der Waals surface area contributed by atoms with Crippen LogP contribution in [0, 0.1) is 5.92 Å². The van der Waals surface area contributed by atoms with E-state index in [1.54, 1.807) is 6.20 Å². The maximum atomic E-state index is 6.34. The number of piperidine rings is 1. The molecule has 0 radical (unpaired) electrons. The monoisotopic (exact) mass is 274 g/mol. The van der Waals surface area contributed by atoms with Crippen LogP contribution in [0.5, 0.6) is 0 Å². The summed E-state index contributed by atoms with van der Waals surface area (Å²) in [4.78, 5) is 4.39. The van der Waals surface area contributed by atoms with Gasteiger partial charge in [-0.25, -0.2) is 0 Å². The Bertz CT molecular complexity index is 562. The quantitative estimate of drug-likeness (QED) is 0.920. The van der Waals surface area contributed by atoms with Gasteiger partial charge in [-0.2, -0.15) is 0 Å². The van der Waals surface area contributed by atoms with E-state index in [2.05, 4.69) is 28.5 Å². The summed E-state index contributed by atoms with van der Waals surface area (Å²) in [5.41, 5.74) is 2.31. The first-order chi connectivity index (χ1) is 9.34. The zero-order chi connectivity index (χ0) is 13.1. The van der Waals surface area contributed by atoms with Crippen LogP contribution in [-0.2, 0) is 6.42 Å². The lowest BCUT2D eigenvalue weighted by molar-refractivity contribution is 0.358. The fourth-order valence-corrected chi connectivity index (χ4v) is 3.19. The number of aryl methyl sites for hydroxylation is 1. The van der Waals surface area contributed by atoms with Crippen LogP contribution in [0.25, 0.3) is 10.9 Å². The molecule has 0 amide bonds. The Labute approximate surface area is 119 Å². The molecule has 3 heteroatoms. The van der Waals surface area contributed by atoms with E-state index in [0.29, 0.717) is 0 Å². The highest BCUT2D eigenvalue weighted by atomic mass is 35.5. The molecule has 19 heavy (non-hydrogen) atoms. The van der Waals surface area contributed by atoms with Gasteiger partial charge in [-0.05, 0) is 56.3 Å². The Morgan fingerprint density at radius 1 is 1.32 bits per heavy atom. The molecule has 1 aromatic carbocycles. The number of halogens is 1. The van der Waals surface area contributed by atoms with Crippen molar-refractivity contribution in [2.75, 3.05) is 13.1 Å². The Morgan fingerprint density at radius 3 is 3.05 bits per heavy atom. The van der Waals surface area contributed by atoms with Crippen molar-refractivity contribution >= 4 is 22.5 Å². The van der Waals surface area contributed by atoms with Gasteiger partial charge in [0.1, 0.15) is 0 Å². The van der Waals surface area contributed by atoms with Gasteiger partial charge >= 0.3 is 0 Å². The number of hydrogen-bond donors (Lipinski definition) is 1. The molecule has 2 aromatic rings. The van der Waals surface area contributed by atoms with E-state index in [4.69, 9.17) is 11.6 Å². The van der Waals surface area contributed by atoms with E-state index in [-0.39, 0.29) is 0 Å². The number of hydrogen-bond acceptors (Lipinski definition) is 2. The van der Waals surface area contributed by atoms with Gasteiger partial charge in [-0.15, -0.1) is 0 Å². The molecule has 3 rings (SSSR count). The van der Waals surface area contributed by atoms with Crippen LogP contribution in [-0.4, -0.2) is 18.1 Å². The fraction of sp³-hybridized carbons (Fsp3) is 0.438. The molecule has 1 atom stereocenters. The number of pyridine rings is 1. The Kier molecular flexibility index (Phi) is 4.00. The third-order valence-electron chi connectivity index (χ3n) is 4.04. The highest BCUT2D eigenvalue weighted by Gasteiger charge is 2.14. The first-order valence-corrected chi connectivity index (χ1v) is 7.45. The SMILES string of the molecule is Clc1cnc2ccccc2c1CCC1CCCNC1. The molecule has 2 heterocycles. The number of benzene rings is 1. The maximum absolute atomic E-state index is 6.34. The number of fused-ring (bicyclic) bond motifs is 1. The van der Waals surface area contributed by atoms with E-state index in [1.165, 1.54) is 36.8 Å². The molecule has 0 bridgehead atoms. The first kappa shape index (κ1) is 12.9. The summed E-state index contributed by atoms with van der Waals surface area (Å²) >= 11 is 6.34. The second-order valence-corrected chi connectivity index (χ2v) is 5.76. The van der Waals surface area contributed by atoms with Crippen molar-refractivity contribution in [1.82, 2.24) is 10.3 Å². The Hall–Kier alpha value is -1.12. The van der Waals surface area contributed by atoms with Gasteiger partial charge in [-0.1, -0.05) is 29.8 Å². The molecule has 0 aliphatic carbocycles. The molecule has 1 saturated heterocycles. The summed E-state index contributed by atoms with van der Waals surface area (Å²) < 4.78 is 0. The highest BCUT2D eigenvalue weighted by molar-refractivity contribution is 6.32. The summed E-state index contributed by atoms with van der Waals surface area (Å²) in [6, 6.07) is 8.27. The van der Waals surface area contributed by atoms with E-state index >= 15 is 0 Å². The average Bonchev–Trinajstić information content (AvgIpc) is 2.47. The Balaban J connectivity index is 1.81. The van der Waals surface area contributed by atoms with Crippen LogP contribution in [0.4, 0.5) is 0 Å². The molecular weight excluding hydrogens is 256 g/mol. The van der Waals surface area contributed by atoms with Gasteiger partial charge in [0.25, 0.3) is 0 Å². The van der Waals surface area contributed by atoms with Crippen LogP contribution < -0.4 is 5.32 Å². The molecule has 1 aliphatic rings. The molecular formula is C16H19ClN2. The van der Waals surface area contributed by atoms with E-state index < -0.39 is 0 Å². The topological polar surface area (TPSA) is 24.9 Å². The van der Waals surface area contributed by atoms with E-state index in [0.717, 1.165) is 29.4 Å². The summed E-state index contributed by atoms with van der Waals surface area (Å²) in [6.07, 6.45) is 6.69. The van der Waals surface area contributed by atoms with Crippen molar-refractivity contribution in [2.24, 2.45) is 5.92 Å². The minimum absolute atomic E-state index is 0.789. The van der Waals surface area contributed by atoms with Gasteiger partial charge in [0.2, 0.25) is 0 Å². The lowest BCUT2D eigenvalue weighted by atomic mass is 9.92. The Morgan fingerprint density at radius 2 is 2.21 bits per heavy atom.